The first-order valence-corrected chi connectivity index (χ1v) is 9.87. The Bertz CT molecular complexity index is 805. The fourth-order valence-corrected chi connectivity index (χ4v) is 4.33. The smallest absolute Gasteiger partial charge is 0.387 e. The van der Waals surface area contributed by atoms with Gasteiger partial charge in [-0.3, -0.25) is 0 Å². The highest BCUT2D eigenvalue weighted by molar-refractivity contribution is 5.88. The molecular weight excluding hydrogens is 349 g/mol. The summed E-state index contributed by atoms with van der Waals surface area (Å²) in [6, 6.07) is 7.24. The van der Waals surface area contributed by atoms with E-state index < -0.39 is 12.4 Å². The maximum absolute atomic E-state index is 14.9. The average molecular weight is 376 g/mol. The van der Waals surface area contributed by atoms with Gasteiger partial charge in [-0.25, -0.2) is 4.39 Å². The van der Waals surface area contributed by atoms with Crippen molar-refractivity contribution in [1.29, 1.82) is 0 Å². The largest absolute Gasteiger partial charge is 0.434 e. The van der Waals surface area contributed by atoms with Gasteiger partial charge in [0.2, 0.25) is 0 Å². The summed E-state index contributed by atoms with van der Waals surface area (Å²) in [7, 11) is 0. The molecule has 0 atom stereocenters. The number of fused-ring (bicyclic) bond motifs is 1. The normalized spacial score (nSPS) is 20.7. The van der Waals surface area contributed by atoms with Crippen LogP contribution in [0.2, 0.25) is 0 Å². The molecule has 146 valence electrons. The Morgan fingerprint density at radius 2 is 1.89 bits per heavy atom. The Labute approximate surface area is 159 Å². The van der Waals surface area contributed by atoms with Crippen molar-refractivity contribution in [3.63, 3.8) is 0 Å². The van der Waals surface area contributed by atoms with Crippen LogP contribution in [0, 0.1) is 11.7 Å². The van der Waals surface area contributed by atoms with Crippen molar-refractivity contribution in [2.24, 2.45) is 5.92 Å². The molecule has 0 aromatic heterocycles. The van der Waals surface area contributed by atoms with Crippen molar-refractivity contribution in [3.05, 3.63) is 47.3 Å². The Morgan fingerprint density at radius 3 is 2.52 bits per heavy atom. The van der Waals surface area contributed by atoms with E-state index in [1.165, 1.54) is 43.4 Å². The molecule has 0 radical (unpaired) electrons. The zero-order valence-electron chi connectivity index (χ0n) is 16.0. The molecule has 0 N–H and O–H groups in total. The predicted molar refractivity (Wildman–Crippen MR) is 105 cm³/mol. The fraction of sp³-hybridized carbons (Fsp3) is 0.478. The van der Waals surface area contributed by atoms with Crippen molar-refractivity contribution < 1.29 is 17.9 Å². The van der Waals surface area contributed by atoms with Gasteiger partial charge in [-0.2, -0.15) is 8.78 Å². The zero-order valence-corrected chi connectivity index (χ0v) is 16.0. The highest BCUT2D eigenvalue weighted by Crippen LogP contribution is 2.39. The van der Waals surface area contributed by atoms with E-state index in [1.807, 2.05) is 12.1 Å². The molecule has 4 heteroatoms. The average Bonchev–Trinajstić information content (AvgIpc) is 2.65. The van der Waals surface area contributed by atoms with Crippen LogP contribution in [0.15, 0.2) is 30.3 Å². The van der Waals surface area contributed by atoms with Gasteiger partial charge in [0.25, 0.3) is 0 Å². The second kappa shape index (κ2) is 8.81. The van der Waals surface area contributed by atoms with Crippen LogP contribution in [0.1, 0.15) is 69.4 Å². The predicted octanol–water partition coefficient (Wildman–Crippen LogP) is 7.69. The lowest BCUT2D eigenvalue weighted by Crippen LogP contribution is -2.13. The highest BCUT2D eigenvalue weighted by atomic mass is 19.3. The van der Waals surface area contributed by atoms with Crippen molar-refractivity contribution in [1.82, 2.24) is 0 Å². The molecule has 0 bridgehead atoms. The van der Waals surface area contributed by atoms with Crippen molar-refractivity contribution >= 4 is 16.8 Å². The quantitative estimate of drug-likeness (QED) is 0.502. The third-order valence-electron chi connectivity index (χ3n) is 5.67. The molecule has 0 aliphatic heterocycles. The number of ether oxygens (including phenoxy) is 1. The van der Waals surface area contributed by atoms with Crippen molar-refractivity contribution in [2.45, 2.75) is 64.9 Å². The summed E-state index contributed by atoms with van der Waals surface area (Å²) in [6.45, 7) is 0.960. The topological polar surface area (TPSA) is 9.23 Å². The second-order valence-corrected chi connectivity index (χ2v) is 7.47. The van der Waals surface area contributed by atoms with Gasteiger partial charge in [-0.05, 0) is 61.5 Å². The lowest BCUT2D eigenvalue weighted by molar-refractivity contribution is -0.0500. The van der Waals surface area contributed by atoms with Crippen LogP contribution >= 0.6 is 0 Å². The second-order valence-electron chi connectivity index (χ2n) is 7.47. The van der Waals surface area contributed by atoms with E-state index in [9.17, 15) is 13.2 Å². The van der Waals surface area contributed by atoms with E-state index in [-0.39, 0.29) is 11.3 Å². The van der Waals surface area contributed by atoms with Crippen molar-refractivity contribution in [2.75, 3.05) is 0 Å². The van der Waals surface area contributed by atoms with Gasteiger partial charge in [-0.1, -0.05) is 50.1 Å². The molecule has 0 saturated heterocycles. The van der Waals surface area contributed by atoms with Gasteiger partial charge >= 0.3 is 6.61 Å². The van der Waals surface area contributed by atoms with Crippen LogP contribution in [0.5, 0.6) is 5.75 Å². The number of benzene rings is 2. The number of halogens is 3. The van der Waals surface area contributed by atoms with E-state index >= 15 is 0 Å². The molecule has 3 rings (SSSR count). The summed E-state index contributed by atoms with van der Waals surface area (Å²) in [5.41, 5.74) is 1.23. The minimum absolute atomic E-state index is 0.0677. The van der Waals surface area contributed by atoms with Gasteiger partial charge in [0, 0.05) is 5.39 Å². The van der Waals surface area contributed by atoms with Crippen LogP contribution in [-0.2, 0) is 0 Å². The lowest BCUT2D eigenvalue weighted by Gasteiger charge is -2.28. The van der Waals surface area contributed by atoms with Gasteiger partial charge in [0.05, 0.1) is 5.56 Å². The standard InChI is InChI=1S/C23H27F3O/c1-3-5-15-7-9-16(10-8-15)17-11-12-19-18(13-17)14-21(27-23(25)26)20(6-4-2)22(19)24/h4,6,11-16,23H,3,5,7-10H2,1-2H3/b6-4+. The fourth-order valence-electron chi connectivity index (χ4n) is 4.33. The number of allylic oxidation sites excluding steroid dienone is 1. The highest BCUT2D eigenvalue weighted by Gasteiger charge is 2.23. The summed E-state index contributed by atoms with van der Waals surface area (Å²) in [5.74, 6) is 0.648. The Balaban J connectivity index is 1.94. The summed E-state index contributed by atoms with van der Waals surface area (Å²) in [6.07, 6.45) is 10.3. The van der Waals surface area contributed by atoms with Gasteiger partial charge in [0.15, 0.2) is 0 Å². The van der Waals surface area contributed by atoms with E-state index in [0.29, 0.717) is 16.7 Å². The zero-order chi connectivity index (χ0) is 19.4. The molecule has 1 nitrogen and oxygen atoms in total. The number of alkyl halides is 2. The molecule has 1 saturated carbocycles. The lowest BCUT2D eigenvalue weighted by atomic mass is 9.77. The molecule has 2 aromatic rings. The molecule has 27 heavy (non-hydrogen) atoms. The van der Waals surface area contributed by atoms with E-state index in [2.05, 4.69) is 11.7 Å². The Hall–Kier alpha value is -1.97. The van der Waals surface area contributed by atoms with E-state index in [1.54, 1.807) is 19.1 Å². The Kier molecular flexibility index (Phi) is 6.46. The number of hydrogen-bond acceptors (Lipinski definition) is 1. The SMILES string of the molecule is C/C=C/c1c(OC(F)F)cc2cc(C3CCC(CCC)CC3)ccc2c1F. The molecular formula is C23H27F3O. The van der Waals surface area contributed by atoms with E-state index in [4.69, 9.17) is 0 Å². The van der Waals surface area contributed by atoms with Crippen LogP contribution in [0.3, 0.4) is 0 Å². The first kappa shape index (κ1) is 19.8. The third-order valence-corrected chi connectivity index (χ3v) is 5.67. The summed E-state index contributed by atoms with van der Waals surface area (Å²) >= 11 is 0. The molecule has 1 fully saturated rings. The summed E-state index contributed by atoms with van der Waals surface area (Å²) < 4.78 is 45.0. The van der Waals surface area contributed by atoms with Gasteiger partial charge in [0.1, 0.15) is 11.6 Å². The molecule has 2 aromatic carbocycles. The molecule has 0 unspecified atom stereocenters. The molecule has 1 aliphatic rings. The monoisotopic (exact) mass is 376 g/mol. The molecule has 0 spiro atoms. The van der Waals surface area contributed by atoms with Crippen LogP contribution in [0.25, 0.3) is 16.8 Å². The van der Waals surface area contributed by atoms with E-state index in [0.717, 1.165) is 18.8 Å². The first-order chi connectivity index (χ1) is 13.0. The molecule has 0 amide bonds. The summed E-state index contributed by atoms with van der Waals surface area (Å²) in [5, 5.41) is 1.05. The number of rotatable bonds is 6. The van der Waals surface area contributed by atoms with Crippen molar-refractivity contribution in [3.8, 4) is 5.75 Å². The minimum atomic E-state index is -2.98. The van der Waals surface area contributed by atoms with Gasteiger partial charge in [-0.15, -0.1) is 0 Å². The first-order valence-electron chi connectivity index (χ1n) is 9.87. The summed E-state index contributed by atoms with van der Waals surface area (Å²) in [4.78, 5) is 0. The third kappa shape index (κ3) is 4.48. The molecule has 1 aliphatic carbocycles. The molecule has 0 heterocycles. The minimum Gasteiger partial charge on any atom is -0.434 e. The van der Waals surface area contributed by atoms with Gasteiger partial charge < -0.3 is 4.74 Å². The number of hydrogen-bond donors (Lipinski definition) is 0. The maximum Gasteiger partial charge on any atom is 0.387 e. The van der Waals surface area contributed by atoms with Crippen LogP contribution in [-0.4, -0.2) is 6.61 Å². The van der Waals surface area contributed by atoms with Crippen LogP contribution in [0.4, 0.5) is 13.2 Å². The Morgan fingerprint density at radius 1 is 1.15 bits per heavy atom. The van der Waals surface area contributed by atoms with Crippen LogP contribution < -0.4 is 4.74 Å². The maximum atomic E-state index is 14.9.